The largest absolute Gasteiger partial charge is 0.349 e. The van der Waals surface area contributed by atoms with Crippen molar-refractivity contribution in [1.82, 2.24) is 14.7 Å². The molecule has 7 heteroatoms. The van der Waals surface area contributed by atoms with Crippen molar-refractivity contribution in [2.45, 2.75) is 25.3 Å². The fraction of sp³-hybridized carbons (Fsp3) is 0.462. The molecule has 106 valence electrons. The number of hydrogen-bond acceptors (Lipinski definition) is 5. The van der Waals surface area contributed by atoms with Gasteiger partial charge in [0.1, 0.15) is 5.56 Å². The topological polar surface area (TPSA) is 89.5 Å². The van der Waals surface area contributed by atoms with E-state index in [1.807, 2.05) is 0 Å². The van der Waals surface area contributed by atoms with Gasteiger partial charge in [0.05, 0.1) is 0 Å². The van der Waals surface area contributed by atoms with Crippen LogP contribution in [0.15, 0.2) is 22.6 Å². The summed E-state index contributed by atoms with van der Waals surface area (Å²) in [5.74, 6) is -0.0482. The first kappa shape index (κ1) is 13.3. The Labute approximate surface area is 119 Å². The average molecular weight is 292 g/mol. The SMILES string of the molecule is NCC1CCCC1NC(=O)c1cnc2sccn2c1=O. The first-order valence-corrected chi connectivity index (χ1v) is 7.54. The molecule has 0 spiro atoms. The van der Waals surface area contributed by atoms with Crippen LogP contribution in [0.2, 0.25) is 0 Å². The van der Waals surface area contributed by atoms with Crippen LogP contribution in [0.5, 0.6) is 0 Å². The van der Waals surface area contributed by atoms with Crippen molar-refractivity contribution in [3.05, 3.63) is 33.7 Å². The molecule has 2 aromatic rings. The Balaban J connectivity index is 1.85. The van der Waals surface area contributed by atoms with E-state index in [9.17, 15) is 9.59 Å². The number of fused-ring (bicyclic) bond motifs is 1. The highest BCUT2D eigenvalue weighted by Crippen LogP contribution is 2.24. The average Bonchev–Trinajstić information content (AvgIpc) is 3.07. The summed E-state index contributed by atoms with van der Waals surface area (Å²) in [5, 5.41) is 4.70. The third-order valence-electron chi connectivity index (χ3n) is 3.87. The van der Waals surface area contributed by atoms with Crippen molar-refractivity contribution in [1.29, 1.82) is 0 Å². The number of nitrogens with two attached hydrogens (primary N) is 1. The minimum Gasteiger partial charge on any atom is -0.349 e. The van der Waals surface area contributed by atoms with Gasteiger partial charge in [-0.15, -0.1) is 11.3 Å². The zero-order valence-electron chi connectivity index (χ0n) is 10.9. The van der Waals surface area contributed by atoms with Gasteiger partial charge in [-0.2, -0.15) is 0 Å². The third-order valence-corrected chi connectivity index (χ3v) is 4.64. The molecule has 0 saturated heterocycles. The third kappa shape index (κ3) is 2.23. The molecule has 2 unspecified atom stereocenters. The first-order valence-electron chi connectivity index (χ1n) is 6.66. The molecule has 2 heterocycles. The lowest BCUT2D eigenvalue weighted by molar-refractivity contribution is 0.0926. The van der Waals surface area contributed by atoms with Crippen molar-refractivity contribution in [2.24, 2.45) is 11.7 Å². The Morgan fingerprint density at radius 1 is 1.55 bits per heavy atom. The fourth-order valence-electron chi connectivity index (χ4n) is 2.74. The highest BCUT2D eigenvalue weighted by molar-refractivity contribution is 7.15. The van der Waals surface area contributed by atoms with E-state index in [2.05, 4.69) is 10.3 Å². The van der Waals surface area contributed by atoms with Gasteiger partial charge < -0.3 is 11.1 Å². The summed E-state index contributed by atoms with van der Waals surface area (Å²) in [6.45, 7) is 0.561. The monoisotopic (exact) mass is 292 g/mol. The minimum atomic E-state index is -0.353. The Kier molecular flexibility index (Phi) is 3.54. The summed E-state index contributed by atoms with van der Waals surface area (Å²) in [7, 11) is 0. The molecule has 1 aliphatic rings. The molecule has 2 aromatic heterocycles. The van der Waals surface area contributed by atoms with E-state index in [-0.39, 0.29) is 23.1 Å². The number of carbonyl (C=O) groups is 1. The second-order valence-electron chi connectivity index (χ2n) is 5.04. The zero-order valence-corrected chi connectivity index (χ0v) is 11.7. The zero-order chi connectivity index (χ0) is 14.1. The van der Waals surface area contributed by atoms with Gasteiger partial charge in [0.25, 0.3) is 11.5 Å². The van der Waals surface area contributed by atoms with Gasteiger partial charge in [0, 0.05) is 23.8 Å². The molecule has 1 saturated carbocycles. The maximum Gasteiger partial charge on any atom is 0.271 e. The van der Waals surface area contributed by atoms with Crippen LogP contribution in [0.3, 0.4) is 0 Å². The van der Waals surface area contributed by atoms with Gasteiger partial charge in [-0.1, -0.05) is 6.42 Å². The minimum absolute atomic E-state index is 0.0649. The molecular formula is C13H16N4O2S. The lowest BCUT2D eigenvalue weighted by atomic mass is 10.0. The molecule has 2 atom stereocenters. The molecule has 6 nitrogen and oxygen atoms in total. The summed E-state index contributed by atoms with van der Waals surface area (Å²) in [6.07, 6.45) is 6.00. The highest BCUT2D eigenvalue weighted by Gasteiger charge is 2.28. The van der Waals surface area contributed by atoms with Gasteiger partial charge in [-0.3, -0.25) is 14.0 Å². The molecule has 3 N–H and O–H groups in total. The van der Waals surface area contributed by atoms with E-state index in [4.69, 9.17) is 5.73 Å². The second kappa shape index (κ2) is 5.34. The fourth-order valence-corrected chi connectivity index (χ4v) is 3.41. The summed E-state index contributed by atoms with van der Waals surface area (Å²) < 4.78 is 1.40. The normalized spacial score (nSPS) is 22.2. The predicted molar refractivity (Wildman–Crippen MR) is 77.0 cm³/mol. The number of aromatic nitrogens is 2. The molecule has 0 aromatic carbocycles. The Hall–Kier alpha value is -1.73. The molecule has 0 aliphatic heterocycles. The summed E-state index contributed by atoms with van der Waals surface area (Å²) in [5.41, 5.74) is 5.46. The summed E-state index contributed by atoms with van der Waals surface area (Å²) >= 11 is 1.36. The van der Waals surface area contributed by atoms with Crippen LogP contribution in [0.1, 0.15) is 29.6 Å². The van der Waals surface area contributed by atoms with Crippen LogP contribution in [0, 0.1) is 5.92 Å². The maximum absolute atomic E-state index is 12.2. The number of nitrogens with zero attached hydrogens (tertiary/aromatic N) is 2. The molecule has 20 heavy (non-hydrogen) atoms. The maximum atomic E-state index is 12.2. The number of carbonyl (C=O) groups excluding carboxylic acids is 1. The smallest absolute Gasteiger partial charge is 0.271 e. The number of amides is 1. The quantitative estimate of drug-likeness (QED) is 0.867. The molecule has 0 bridgehead atoms. The van der Waals surface area contributed by atoms with Crippen molar-refractivity contribution >= 4 is 22.2 Å². The highest BCUT2D eigenvalue weighted by atomic mass is 32.1. The van der Waals surface area contributed by atoms with Gasteiger partial charge >= 0.3 is 0 Å². The second-order valence-corrected chi connectivity index (χ2v) is 5.91. The van der Waals surface area contributed by atoms with Crippen molar-refractivity contribution in [2.75, 3.05) is 6.54 Å². The van der Waals surface area contributed by atoms with Crippen LogP contribution in [0.4, 0.5) is 0 Å². The van der Waals surface area contributed by atoms with Crippen molar-refractivity contribution < 1.29 is 4.79 Å². The molecule has 3 rings (SSSR count). The van der Waals surface area contributed by atoms with Crippen LogP contribution in [-0.4, -0.2) is 27.9 Å². The molecule has 1 amide bonds. The molecule has 1 fully saturated rings. The molecule has 0 radical (unpaired) electrons. The Morgan fingerprint density at radius 3 is 3.20 bits per heavy atom. The Bertz CT molecular complexity index is 693. The van der Waals surface area contributed by atoms with E-state index < -0.39 is 0 Å². The summed E-state index contributed by atoms with van der Waals surface area (Å²) in [6, 6.07) is 0.0649. The lowest BCUT2D eigenvalue weighted by Crippen LogP contribution is -2.42. The number of rotatable bonds is 3. The van der Waals surface area contributed by atoms with Gasteiger partial charge in [0.15, 0.2) is 4.96 Å². The van der Waals surface area contributed by atoms with Gasteiger partial charge in [0.2, 0.25) is 0 Å². The van der Waals surface area contributed by atoms with Crippen LogP contribution in [0.25, 0.3) is 4.96 Å². The standard InChI is InChI=1S/C13H16N4O2S/c14-6-8-2-1-3-10(8)16-11(18)9-7-15-13-17(12(9)19)4-5-20-13/h4-5,7-8,10H,1-3,6,14H2,(H,16,18). The first-order chi connectivity index (χ1) is 9.70. The van der Waals surface area contributed by atoms with Crippen molar-refractivity contribution in [3.63, 3.8) is 0 Å². The number of thiazole rings is 1. The van der Waals surface area contributed by atoms with Gasteiger partial charge in [-0.25, -0.2) is 4.98 Å². The van der Waals surface area contributed by atoms with Crippen LogP contribution in [-0.2, 0) is 0 Å². The van der Waals surface area contributed by atoms with E-state index in [0.29, 0.717) is 17.4 Å². The van der Waals surface area contributed by atoms with E-state index >= 15 is 0 Å². The molecular weight excluding hydrogens is 276 g/mol. The number of hydrogen-bond donors (Lipinski definition) is 2. The Morgan fingerprint density at radius 2 is 2.40 bits per heavy atom. The number of nitrogens with one attached hydrogen (secondary N) is 1. The predicted octanol–water partition coefficient (Wildman–Crippen LogP) is 0.613. The van der Waals surface area contributed by atoms with Crippen LogP contribution >= 0.6 is 11.3 Å². The molecule has 1 aliphatic carbocycles. The van der Waals surface area contributed by atoms with Crippen molar-refractivity contribution in [3.8, 4) is 0 Å². The van der Waals surface area contributed by atoms with Crippen LogP contribution < -0.4 is 16.6 Å². The van der Waals surface area contributed by atoms with E-state index in [1.165, 1.54) is 21.9 Å². The lowest BCUT2D eigenvalue weighted by Gasteiger charge is -2.19. The summed E-state index contributed by atoms with van der Waals surface area (Å²) in [4.78, 5) is 29.2. The van der Waals surface area contributed by atoms with E-state index in [1.54, 1.807) is 11.6 Å². The van der Waals surface area contributed by atoms with Gasteiger partial charge in [-0.05, 0) is 25.3 Å². The van der Waals surface area contributed by atoms with E-state index in [0.717, 1.165) is 19.3 Å².